The quantitative estimate of drug-likeness (QED) is 0.595. The summed E-state index contributed by atoms with van der Waals surface area (Å²) in [6.45, 7) is -0.367. The van der Waals surface area contributed by atoms with Crippen molar-refractivity contribution in [2.45, 2.75) is 0 Å². The van der Waals surface area contributed by atoms with Crippen molar-refractivity contribution >= 4 is 23.5 Å². The number of rotatable bonds is 4. The fourth-order valence-electron chi connectivity index (χ4n) is 0.979. The molecule has 0 saturated heterocycles. The van der Waals surface area contributed by atoms with Gasteiger partial charge in [0.05, 0.1) is 14.2 Å². The summed E-state index contributed by atoms with van der Waals surface area (Å²) >= 11 is 5.65. The minimum Gasteiger partial charge on any atom is -0.466 e. The normalized spacial score (nSPS) is 9.59. The fraction of sp³-hybridized carbons (Fsp3) is 0.300. The summed E-state index contributed by atoms with van der Waals surface area (Å²) in [6, 6.07) is 2.81. The number of methoxy groups -OCH3 is 2. The summed E-state index contributed by atoms with van der Waals surface area (Å²) in [6.07, 6.45) is 0. The number of nitrogens with zero attached hydrogens (tertiary/aromatic N) is 1. The molecule has 0 saturated carbocycles. The minimum absolute atomic E-state index is 0.0743. The minimum atomic E-state index is -0.631. The highest BCUT2D eigenvalue weighted by molar-refractivity contribution is 6.29. The van der Waals surface area contributed by atoms with Crippen LogP contribution in [-0.2, 0) is 14.3 Å². The molecule has 0 bridgehead atoms. The van der Waals surface area contributed by atoms with Crippen LogP contribution in [-0.4, -0.2) is 37.7 Å². The Hall–Kier alpha value is -1.82. The van der Waals surface area contributed by atoms with Crippen molar-refractivity contribution in [2.75, 3.05) is 20.8 Å². The van der Waals surface area contributed by atoms with E-state index in [-0.39, 0.29) is 23.2 Å². The molecule has 0 aliphatic rings. The first-order valence-corrected chi connectivity index (χ1v) is 4.90. The molecule has 1 rings (SSSR count). The van der Waals surface area contributed by atoms with Gasteiger partial charge in [-0.1, -0.05) is 11.6 Å². The molecular formula is C10H10ClNO5. The molecule has 0 atom stereocenters. The SMILES string of the molecule is COC(=O)COc1nc(Cl)ccc1C(=O)OC. The van der Waals surface area contributed by atoms with Crippen LogP contribution >= 0.6 is 11.6 Å². The van der Waals surface area contributed by atoms with Gasteiger partial charge in [0, 0.05) is 0 Å². The third-order valence-electron chi connectivity index (χ3n) is 1.79. The zero-order valence-corrected chi connectivity index (χ0v) is 9.98. The van der Waals surface area contributed by atoms with E-state index in [1.54, 1.807) is 0 Å². The van der Waals surface area contributed by atoms with Crippen LogP contribution in [0.4, 0.5) is 0 Å². The maximum atomic E-state index is 11.4. The number of ether oxygens (including phenoxy) is 3. The zero-order chi connectivity index (χ0) is 12.8. The fourth-order valence-corrected chi connectivity index (χ4v) is 1.12. The van der Waals surface area contributed by atoms with Crippen LogP contribution in [0.3, 0.4) is 0 Å². The molecular weight excluding hydrogens is 250 g/mol. The molecule has 17 heavy (non-hydrogen) atoms. The van der Waals surface area contributed by atoms with Crippen molar-refractivity contribution < 1.29 is 23.8 Å². The summed E-state index contributed by atoms with van der Waals surface area (Å²) < 4.78 is 13.9. The van der Waals surface area contributed by atoms with E-state index >= 15 is 0 Å². The van der Waals surface area contributed by atoms with Gasteiger partial charge in [0.15, 0.2) is 6.61 Å². The Morgan fingerprint density at radius 1 is 1.29 bits per heavy atom. The van der Waals surface area contributed by atoms with Gasteiger partial charge in [-0.15, -0.1) is 0 Å². The Labute approximate surface area is 102 Å². The van der Waals surface area contributed by atoms with Crippen LogP contribution in [0.5, 0.6) is 5.88 Å². The maximum Gasteiger partial charge on any atom is 0.343 e. The summed E-state index contributed by atoms with van der Waals surface area (Å²) in [5, 5.41) is 0.137. The van der Waals surface area contributed by atoms with Gasteiger partial charge in [-0.25, -0.2) is 14.6 Å². The summed E-state index contributed by atoms with van der Waals surface area (Å²) in [5.41, 5.74) is 0.0841. The van der Waals surface area contributed by atoms with Crippen LogP contribution < -0.4 is 4.74 Å². The number of aromatic nitrogens is 1. The number of esters is 2. The van der Waals surface area contributed by atoms with E-state index in [0.29, 0.717) is 0 Å². The van der Waals surface area contributed by atoms with E-state index in [2.05, 4.69) is 14.5 Å². The van der Waals surface area contributed by atoms with Gasteiger partial charge >= 0.3 is 11.9 Å². The largest absolute Gasteiger partial charge is 0.466 e. The molecule has 92 valence electrons. The Kier molecular flexibility index (Phi) is 4.71. The molecule has 0 radical (unpaired) electrons. The average Bonchev–Trinajstić information content (AvgIpc) is 2.35. The second-order valence-corrected chi connectivity index (χ2v) is 3.23. The number of carbonyl (C=O) groups excluding carboxylic acids is 2. The molecule has 7 heteroatoms. The third-order valence-corrected chi connectivity index (χ3v) is 2.00. The van der Waals surface area contributed by atoms with Crippen molar-refractivity contribution in [3.63, 3.8) is 0 Å². The monoisotopic (exact) mass is 259 g/mol. The molecule has 0 spiro atoms. The van der Waals surface area contributed by atoms with E-state index in [4.69, 9.17) is 16.3 Å². The van der Waals surface area contributed by atoms with E-state index in [1.807, 2.05) is 0 Å². The average molecular weight is 260 g/mol. The van der Waals surface area contributed by atoms with Crippen molar-refractivity contribution in [3.8, 4) is 5.88 Å². The predicted molar refractivity (Wildman–Crippen MR) is 58.1 cm³/mol. The molecule has 0 aliphatic carbocycles. The number of hydrogen-bond acceptors (Lipinski definition) is 6. The number of carbonyl (C=O) groups is 2. The number of hydrogen-bond donors (Lipinski definition) is 0. The molecule has 0 unspecified atom stereocenters. The summed E-state index contributed by atoms with van der Waals surface area (Å²) in [7, 11) is 2.44. The van der Waals surface area contributed by atoms with Gasteiger partial charge < -0.3 is 14.2 Å². The number of halogens is 1. The first kappa shape index (κ1) is 13.2. The van der Waals surface area contributed by atoms with Crippen LogP contribution in [0.15, 0.2) is 12.1 Å². The molecule has 1 heterocycles. The van der Waals surface area contributed by atoms with Gasteiger partial charge in [-0.05, 0) is 12.1 Å². The highest BCUT2D eigenvalue weighted by atomic mass is 35.5. The van der Waals surface area contributed by atoms with Crippen molar-refractivity contribution in [1.82, 2.24) is 4.98 Å². The smallest absolute Gasteiger partial charge is 0.343 e. The highest BCUT2D eigenvalue weighted by Crippen LogP contribution is 2.19. The molecule has 0 aliphatic heterocycles. The Balaban J connectivity index is 2.91. The summed E-state index contributed by atoms with van der Waals surface area (Å²) in [5.74, 6) is -1.30. The topological polar surface area (TPSA) is 74.7 Å². The van der Waals surface area contributed by atoms with Gasteiger partial charge in [0.2, 0.25) is 5.88 Å². The Bertz CT molecular complexity index is 435. The number of pyridine rings is 1. The lowest BCUT2D eigenvalue weighted by Gasteiger charge is -2.08. The first-order valence-electron chi connectivity index (χ1n) is 4.53. The van der Waals surface area contributed by atoms with Crippen LogP contribution in [0, 0.1) is 0 Å². The van der Waals surface area contributed by atoms with Gasteiger partial charge in [0.1, 0.15) is 10.7 Å². The van der Waals surface area contributed by atoms with E-state index in [0.717, 1.165) is 0 Å². The highest BCUT2D eigenvalue weighted by Gasteiger charge is 2.16. The second kappa shape index (κ2) is 6.05. The van der Waals surface area contributed by atoms with E-state index in [9.17, 15) is 9.59 Å². The molecule has 1 aromatic rings. The molecule has 0 amide bonds. The standard InChI is InChI=1S/C10H10ClNO5/c1-15-8(13)5-17-9-6(10(14)16-2)3-4-7(11)12-9/h3-4H,5H2,1-2H3. The van der Waals surface area contributed by atoms with Crippen molar-refractivity contribution in [3.05, 3.63) is 22.8 Å². The van der Waals surface area contributed by atoms with Crippen molar-refractivity contribution in [1.29, 1.82) is 0 Å². The lowest BCUT2D eigenvalue weighted by Crippen LogP contribution is -2.15. The first-order chi connectivity index (χ1) is 8.08. The van der Waals surface area contributed by atoms with Crippen LogP contribution in [0.25, 0.3) is 0 Å². The molecule has 0 aromatic carbocycles. The van der Waals surface area contributed by atoms with Crippen molar-refractivity contribution in [2.24, 2.45) is 0 Å². The molecule has 1 aromatic heterocycles. The predicted octanol–water partition coefficient (Wildman–Crippen LogP) is 1.07. The molecule has 0 fully saturated rings. The van der Waals surface area contributed by atoms with Crippen LogP contribution in [0.2, 0.25) is 5.15 Å². The lowest BCUT2D eigenvalue weighted by atomic mass is 10.3. The Morgan fingerprint density at radius 2 is 2.00 bits per heavy atom. The maximum absolute atomic E-state index is 11.4. The second-order valence-electron chi connectivity index (χ2n) is 2.84. The van der Waals surface area contributed by atoms with E-state index < -0.39 is 11.9 Å². The molecule has 6 nitrogen and oxygen atoms in total. The third kappa shape index (κ3) is 3.60. The van der Waals surface area contributed by atoms with Gasteiger partial charge in [-0.3, -0.25) is 0 Å². The summed E-state index contributed by atoms with van der Waals surface area (Å²) in [4.78, 5) is 26.0. The Morgan fingerprint density at radius 3 is 2.59 bits per heavy atom. The van der Waals surface area contributed by atoms with Crippen LogP contribution in [0.1, 0.15) is 10.4 Å². The zero-order valence-electron chi connectivity index (χ0n) is 9.23. The van der Waals surface area contributed by atoms with E-state index in [1.165, 1.54) is 26.4 Å². The molecule has 0 N–H and O–H groups in total. The van der Waals surface area contributed by atoms with Gasteiger partial charge in [-0.2, -0.15) is 0 Å². The van der Waals surface area contributed by atoms with Gasteiger partial charge in [0.25, 0.3) is 0 Å². The lowest BCUT2D eigenvalue weighted by molar-refractivity contribution is -0.143.